The van der Waals surface area contributed by atoms with Crippen LogP contribution in [0.1, 0.15) is 43.5 Å². The predicted molar refractivity (Wildman–Crippen MR) is 120 cm³/mol. The summed E-state index contributed by atoms with van der Waals surface area (Å²) in [5.74, 6) is -1.37. The summed E-state index contributed by atoms with van der Waals surface area (Å²) in [7, 11) is -3.74. The molecule has 0 bridgehead atoms. The summed E-state index contributed by atoms with van der Waals surface area (Å²) in [6, 6.07) is 11.5. The fourth-order valence-corrected chi connectivity index (χ4v) is 5.01. The number of para-hydroxylation sites is 1. The highest BCUT2D eigenvalue weighted by Crippen LogP contribution is 2.26. The molecule has 0 spiro atoms. The van der Waals surface area contributed by atoms with E-state index in [2.05, 4.69) is 10.6 Å². The van der Waals surface area contributed by atoms with Gasteiger partial charge in [-0.15, -0.1) is 0 Å². The first-order valence-electron chi connectivity index (χ1n) is 10.7. The Labute approximate surface area is 188 Å². The van der Waals surface area contributed by atoms with Crippen molar-refractivity contribution in [3.63, 3.8) is 0 Å². The van der Waals surface area contributed by atoms with Gasteiger partial charge in [0.1, 0.15) is 5.82 Å². The summed E-state index contributed by atoms with van der Waals surface area (Å²) in [5.41, 5.74) is 0.817. The molecule has 2 aromatic carbocycles. The maximum absolute atomic E-state index is 13.1. The smallest absolute Gasteiger partial charge is 0.253 e. The molecule has 1 aliphatic rings. The van der Waals surface area contributed by atoms with Crippen molar-refractivity contribution in [1.82, 2.24) is 9.62 Å². The number of benzene rings is 2. The lowest BCUT2D eigenvalue weighted by molar-refractivity contribution is -0.120. The van der Waals surface area contributed by atoms with E-state index in [0.717, 1.165) is 18.6 Å². The van der Waals surface area contributed by atoms with E-state index in [-0.39, 0.29) is 41.8 Å². The molecular weight excluding hydrogens is 433 g/mol. The Hall–Kier alpha value is -2.78. The summed E-state index contributed by atoms with van der Waals surface area (Å²) in [5, 5.41) is 5.73. The Balaban J connectivity index is 1.63. The maximum Gasteiger partial charge on any atom is 0.253 e. The van der Waals surface area contributed by atoms with E-state index in [1.54, 1.807) is 24.3 Å². The lowest BCUT2D eigenvalue weighted by atomic mass is 9.97. The number of anilines is 1. The molecule has 7 nitrogen and oxygen atoms in total. The number of rotatable bonds is 7. The largest absolute Gasteiger partial charge is 0.350 e. The van der Waals surface area contributed by atoms with Gasteiger partial charge in [-0.25, -0.2) is 12.8 Å². The Bertz CT molecular complexity index is 1060. The zero-order valence-electron chi connectivity index (χ0n) is 18.2. The molecule has 1 fully saturated rings. The van der Waals surface area contributed by atoms with Gasteiger partial charge < -0.3 is 10.6 Å². The van der Waals surface area contributed by atoms with Gasteiger partial charge in [-0.3, -0.25) is 9.59 Å². The molecule has 1 saturated heterocycles. The highest BCUT2D eigenvalue weighted by atomic mass is 32.2. The van der Waals surface area contributed by atoms with Crippen molar-refractivity contribution in [3.05, 3.63) is 59.9 Å². The highest BCUT2D eigenvalue weighted by Gasteiger charge is 2.32. The monoisotopic (exact) mass is 461 g/mol. The molecule has 1 heterocycles. The number of carbonyl (C=O) groups is 2. The van der Waals surface area contributed by atoms with E-state index in [1.165, 1.54) is 16.4 Å². The minimum Gasteiger partial charge on any atom is -0.350 e. The molecule has 1 atom stereocenters. The van der Waals surface area contributed by atoms with Crippen molar-refractivity contribution in [2.45, 2.75) is 44.0 Å². The third-order valence-electron chi connectivity index (χ3n) is 5.70. The second-order valence-corrected chi connectivity index (χ2v) is 9.89. The van der Waals surface area contributed by atoms with Gasteiger partial charge >= 0.3 is 0 Å². The standard InChI is InChI=1S/C23H28FN3O4S/c1-3-16(2)25-23(29)20-6-4-5-7-21(20)26-22(28)17-12-14-27(15-13-17)32(30,31)19-10-8-18(24)9-11-19/h4-11,16-17H,3,12-15H2,1-2H3,(H,25,29)(H,26,28)/t16-/m1/s1. The molecule has 1 aliphatic heterocycles. The van der Waals surface area contributed by atoms with Crippen molar-refractivity contribution in [3.8, 4) is 0 Å². The van der Waals surface area contributed by atoms with Crippen LogP contribution in [0.5, 0.6) is 0 Å². The van der Waals surface area contributed by atoms with Gasteiger partial charge in [-0.2, -0.15) is 4.31 Å². The predicted octanol–water partition coefficient (Wildman–Crippen LogP) is 3.39. The number of nitrogens with zero attached hydrogens (tertiary/aromatic N) is 1. The lowest BCUT2D eigenvalue weighted by Gasteiger charge is -2.30. The number of amides is 2. The zero-order chi connectivity index (χ0) is 23.3. The molecule has 0 unspecified atom stereocenters. The minimum absolute atomic E-state index is 0.0126. The molecule has 3 rings (SSSR count). The van der Waals surface area contributed by atoms with Gasteiger partial charge in [0.25, 0.3) is 5.91 Å². The van der Waals surface area contributed by atoms with Gasteiger partial charge in [0.05, 0.1) is 16.1 Å². The SMILES string of the molecule is CC[C@@H](C)NC(=O)c1ccccc1NC(=O)C1CCN(S(=O)(=O)c2ccc(F)cc2)CC1. The van der Waals surface area contributed by atoms with Crippen LogP contribution in [0.25, 0.3) is 0 Å². The average molecular weight is 462 g/mol. The third kappa shape index (κ3) is 5.52. The van der Waals surface area contributed by atoms with E-state index >= 15 is 0 Å². The summed E-state index contributed by atoms with van der Waals surface area (Å²) < 4.78 is 39.9. The van der Waals surface area contributed by atoms with Crippen LogP contribution in [0.2, 0.25) is 0 Å². The molecule has 2 N–H and O–H groups in total. The first-order chi connectivity index (χ1) is 15.2. The Morgan fingerprint density at radius 1 is 1.09 bits per heavy atom. The van der Waals surface area contributed by atoms with Crippen molar-refractivity contribution < 1.29 is 22.4 Å². The second-order valence-electron chi connectivity index (χ2n) is 7.95. The lowest BCUT2D eigenvalue weighted by Crippen LogP contribution is -2.41. The second kappa shape index (κ2) is 10.2. The number of carbonyl (C=O) groups excluding carboxylic acids is 2. The van der Waals surface area contributed by atoms with Crippen LogP contribution in [0.4, 0.5) is 10.1 Å². The fourth-order valence-electron chi connectivity index (χ4n) is 3.54. The molecule has 2 aromatic rings. The van der Waals surface area contributed by atoms with E-state index in [1.807, 2.05) is 13.8 Å². The van der Waals surface area contributed by atoms with Crippen LogP contribution in [-0.4, -0.2) is 43.7 Å². The molecule has 0 radical (unpaired) electrons. The van der Waals surface area contributed by atoms with Crippen molar-refractivity contribution in [2.75, 3.05) is 18.4 Å². The van der Waals surface area contributed by atoms with Crippen LogP contribution in [0.3, 0.4) is 0 Å². The summed E-state index contributed by atoms with van der Waals surface area (Å²) in [4.78, 5) is 25.4. The molecule has 32 heavy (non-hydrogen) atoms. The van der Waals surface area contributed by atoms with Gasteiger partial charge in [0, 0.05) is 25.0 Å². The van der Waals surface area contributed by atoms with Crippen LogP contribution in [-0.2, 0) is 14.8 Å². The quantitative estimate of drug-likeness (QED) is 0.661. The molecule has 2 amide bonds. The number of hydrogen-bond donors (Lipinski definition) is 2. The van der Waals surface area contributed by atoms with Crippen LogP contribution < -0.4 is 10.6 Å². The van der Waals surface area contributed by atoms with Crippen LogP contribution in [0.15, 0.2) is 53.4 Å². The van der Waals surface area contributed by atoms with Gasteiger partial charge in [-0.1, -0.05) is 19.1 Å². The van der Waals surface area contributed by atoms with Crippen molar-refractivity contribution in [2.24, 2.45) is 5.92 Å². The Morgan fingerprint density at radius 3 is 2.34 bits per heavy atom. The molecule has 0 aliphatic carbocycles. The Kier molecular flexibility index (Phi) is 7.63. The fraction of sp³-hybridized carbons (Fsp3) is 0.391. The minimum atomic E-state index is -3.74. The van der Waals surface area contributed by atoms with E-state index in [4.69, 9.17) is 0 Å². The van der Waals surface area contributed by atoms with Gasteiger partial charge in [0.2, 0.25) is 15.9 Å². The number of sulfonamides is 1. The first kappa shape index (κ1) is 23.9. The molecular formula is C23H28FN3O4S. The Morgan fingerprint density at radius 2 is 1.72 bits per heavy atom. The summed E-state index contributed by atoms with van der Waals surface area (Å²) in [6.07, 6.45) is 1.50. The average Bonchev–Trinajstić information content (AvgIpc) is 2.79. The number of piperidine rings is 1. The van der Waals surface area contributed by atoms with Crippen LogP contribution in [0, 0.1) is 11.7 Å². The highest BCUT2D eigenvalue weighted by molar-refractivity contribution is 7.89. The van der Waals surface area contributed by atoms with E-state index < -0.39 is 15.8 Å². The van der Waals surface area contributed by atoms with E-state index in [0.29, 0.717) is 24.1 Å². The molecule has 0 aromatic heterocycles. The zero-order valence-corrected chi connectivity index (χ0v) is 19.0. The summed E-state index contributed by atoms with van der Waals surface area (Å²) in [6.45, 7) is 4.26. The molecule has 172 valence electrons. The normalized spacial score (nSPS) is 16.3. The van der Waals surface area contributed by atoms with E-state index in [9.17, 15) is 22.4 Å². The maximum atomic E-state index is 13.1. The summed E-state index contributed by atoms with van der Waals surface area (Å²) >= 11 is 0. The first-order valence-corrected chi connectivity index (χ1v) is 12.1. The van der Waals surface area contributed by atoms with Crippen molar-refractivity contribution >= 4 is 27.5 Å². The third-order valence-corrected chi connectivity index (χ3v) is 7.61. The number of hydrogen-bond acceptors (Lipinski definition) is 4. The van der Waals surface area contributed by atoms with Gasteiger partial charge in [0.15, 0.2) is 0 Å². The van der Waals surface area contributed by atoms with Gasteiger partial charge in [-0.05, 0) is 62.6 Å². The molecule has 9 heteroatoms. The number of nitrogens with one attached hydrogen (secondary N) is 2. The molecule has 0 saturated carbocycles. The topological polar surface area (TPSA) is 95.6 Å². The number of halogens is 1. The van der Waals surface area contributed by atoms with Crippen LogP contribution >= 0.6 is 0 Å². The van der Waals surface area contributed by atoms with Crippen molar-refractivity contribution in [1.29, 1.82) is 0 Å².